The van der Waals surface area contributed by atoms with Gasteiger partial charge in [-0.15, -0.1) is 0 Å². The van der Waals surface area contributed by atoms with E-state index in [4.69, 9.17) is 10.8 Å². The van der Waals surface area contributed by atoms with Crippen molar-refractivity contribution in [2.45, 2.75) is 36.6 Å². The largest absolute Gasteiger partial charge is 0.507 e. The van der Waals surface area contributed by atoms with E-state index in [1.807, 2.05) is 0 Å². The maximum absolute atomic E-state index is 12.0. The summed E-state index contributed by atoms with van der Waals surface area (Å²) in [6.07, 6.45) is 1.87. The molecule has 1 aromatic rings. The first-order valence-corrected chi connectivity index (χ1v) is 7.99. The maximum atomic E-state index is 12.0. The highest BCUT2D eigenvalue weighted by Gasteiger charge is 2.18. The zero-order chi connectivity index (χ0) is 15.2. The molecule has 0 aliphatic heterocycles. The van der Waals surface area contributed by atoms with Gasteiger partial charge in [-0.1, -0.05) is 25.0 Å². The van der Waals surface area contributed by atoms with Gasteiger partial charge in [0, 0.05) is 0 Å². The molecule has 1 rings (SSSR count). The summed E-state index contributed by atoms with van der Waals surface area (Å²) in [6.45, 7) is 0. The molecule has 0 aliphatic carbocycles. The minimum atomic E-state index is -3.51. The standard InChI is InChI=1S/C13H19NO5S/c14-10(13(16)17)6-2-1-5-9-20(18,19)12-8-4-3-7-11(12)15/h3-4,7-8,10,15H,1-2,5-6,9,14H2,(H,16,17). The van der Waals surface area contributed by atoms with Crippen LogP contribution in [0.1, 0.15) is 25.7 Å². The molecule has 0 bridgehead atoms. The first-order chi connectivity index (χ1) is 9.34. The van der Waals surface area contributed by atoms with Gasteiger partial charge in [0.05, 0.1) is 5.75 Å². The van der Waals surface area contributed by atoms with Crippen molar-refractivity contribution in [1.29, 1.82) is 0 Å². The number of phenolic OH excluding ortho intramolecular Hbond substituents is 1. The molecule has 1 unspecified atom stereocenters. The number of benzene rings is 1. The molecule has 0 heterocycles. The number of rotatable bonds is 8. The zero-order valence-corrected chi connectivity index (χ0v) is 11.8. The van der Waals surface area contributed by atoms with Gasteiger partial charge in [-0.05, 0) is 25.0 Å². The summed E-state index contributed by atoms with van der Waals surface area (Å²) in [5.74, 6) is -1.38. The van der Waals surface area contributed by atoms with Crippen molar-refractivity contribution in [3.8, 4) is 5.75 Å². The Morgan fingerprint density at radius 3 is 2.45 bits per heavy atom. The van der Waals surface area contributed by atoms with Gasteiger partial charge >= 0.3 is 5.97 Å². The fraction of sp³-hybridized carbons (Fsp3) is 0.462. The van der Waals surface area contributed by atoms with Crippen molar-refractivity contribution < 1.29 is 23.4 Å². The number of sulfone groups is 1. The average molecular weight is 301 g/mol. The third-order valence-electron chi connectivity index (χ3n) is 2.95. The molecule has 4 N–H and O–H groups in total. The summed E-state index contributed by atoms with van der Waals surface area (Å²) >= 11 is 0. The van der Waals surface area contributed by atoms with Crippen LogP contribution in [-0.2, 0) is 14.6 Å². The second-order valence-electron chi connectivity index (χ2n) is 4.58. The molecule has 6 nitrogen and oxygen atoms in total. The van der Waals surface area contributed by atoms with Gasteiger partial charge < -0.3 is 15.9 Å². The predicted molar refractivity (Wildman–Crippen MR) is 74.2 cm³/mol. The Kier molecular flexibility index (Phi) is 5.97. The molecule has 0 aromatic heterocycles. The number of unbranched alkanes of at least 4 members (excludes halogenated alkanes) is 2. The minimum absolute atomic E-state index is 0.0674. The molecular formula is C13H19NO5S. The highest BCUT2D eigenvalue weighted by molar-refractivity contribution is 7.91. The van der Waals surface area contributed by atoms with E-state index in [2.05, 4.69) is 0 Å². The maximum Gasteiger partial charge on any atom is 0.320 e. The third-order valence-corrected chi connectivity index (χ3v) is 4.79. The van der Waals surface area contributed by atoms with Crippen molar-refractivity contribution >= 4 is 15.8 Å². The van der Waals surface area contributed by atoms with Crippen LogP contribution in [0.5, 0.6) is 5.75 Å². The Morgan fingerprint density at radius 2 is 1.85 bits per heavy atom. The van der Waals surface area contributed by atoms with Crippen molar-refractivity contribution in [2.75, 3.05) is 5.75 Å². The van der Waals surface area contributed by atoms with E-state index in [-0.39, 0.29) is 16.4 Å². The van der Waals surface area contributed by atoms with E-state index in [1.165, 1.54) is 12.1 Å². The van der Waals surface area contributed by atoms with Gasteiger partial charge in [0.25, 0.3) is 0 Å². The van der Waals surface area contributed by atoms with Crippen molar-refractivity contribution in [3.63, 3.8) is 0 Å². The monoisotopic (exact) mass is 301 g/mol. The van der Waals surface area contributed by atoms with Gasteiger partial charge in [-0.2, -0.15) is 0 Å². The molecule has 1 atom stereocenters. The second kappa shape index (κ2) is 7.25. The summed E-state index contributed by atoms with van der Waals surface area (Å²) in [4.78, 5) is 10.4. The summed E-state index contributed by atoms with van der Waals surface area (Å²) in [6, 6.07) is 4.91. The lowest BCUT2D eigenvalue weighted by molar-refractivity contribution is -0.138. The summed E-state index contributed by atoms with van der Waals surface area (Å²) in [5.41, 5.74) is 5.34. The molecule has 1 aromatic carbocycles. The summed E-state index contributed by atoms with van der Waals surface area (Å²) in [7, 11) is -3.51. The van der Waals surface area contributed by atoms with Gasteiger partial charge in [-0.25, -0.2) is 8.42 Å². The Labute approximate surface area is 118 Å². The number of hydrogen-bond acceptors (Lipinski definition) is 5. The fourth-order valence-corrected chi connectivity index (χ4v) is 3.26. The molecule has 0 spiro atoms. The lowest BCUT2D eigenvalue weighted by Gasteiger charge is -2.07. The Morgan fingerprint density at radius 1 is 1.20 bits per heavy atom. The topological polar surface area (TPSA) is 118 Å². The lowest BCUT2D eigenvalue weighted by Crippen LogP contribution is -2.29. The van der Waals surface area contributed by atoms with Gasteiger partial charge in [0.1, 0.15) is 16.7 Å². The highest BCUT2D eigenvalue weighted by Crippen LogP contribution is 2.23. The van der Waals surface area contributed by atoms with E-state index < -0.39 is 21.8 Å². The molecule has 0 saturated heterocycles. The number of aromatic hydroxyl groups is 1. The van der Waals surface area contributed by atoms with Gasteiger partial charge in [0.15, 0.2) is 9.84 Å². The van der Waals surface area contributed by atoms with Crippen LogP contribution in [0.25, 0.3) is 0 Å². The van der Waals surface area contributed by atoms with Crippen molar-refractivity contribution in [3.05, 3.63) is 24.3 Å². The van der Waals surface area contributed by atoms with E-state index in [9.17, 15) is 18.3 Å². The van der Waals surface area contributed by atoms with E-state index in [1.54, 1.807) is 12.1 Å². The van der Waals surface area contributed by atoms with Crippen LogP contribution >= 0.6 is 0 Å². The molecular weight excluding hydrogens is 282 g/mol. The van der Waals surface area contributed by atoms with Crippen molar-refractivity contribution in [2.24, 2.45) is 5.73 Å². The highest BCUT2D eigenvalue weighted by atomic mass is 32.2. The fourth-order valence-electron chi connectivity index (χ4n) is 1.79. The minimum Gasteiger partial charge on any atom is -0.507 e. The first-order valence-electron chi connectivity index (χ1n) is 6.34. The molecule has 7 heteroatoms. The molecule has 112 valence electrons. The summed E-state index contributed by atoms with van der Waals surface area (Å²) < 4.78 is 24.0. The Balaban J connectivity index is 2.42. The van der Waals surface area contributed by atoms with Crippen LogP contribution in [0.2, 0.25) is 0 Å². The molecule has 0 amide bonds. The number of nitrogens with two attached hydrogens (primary N) is 1. The van der Waals surface area contributed by atoms with Crippen LogP contribution in [0, 0.1) is 0 Å². The third kappa shape index (κ3) is 4.82. The quantitative estimate of drug-likeness (QED) is 0.620. The molecule has 0 saturated carbocycles. The molecule has 20 heavy (non-hydrogen) atoms. The first kappa shape index (κ1) is 16.5. The predicted octanol–water partition coefficient (Wildman–Crippen LogP) is 1.14. The lowest BCUT2D eigenvalue weighted by atomic mass is 10.1. The van der Waals surface area contributed by atoms with Crippen molar-refractivity contribution in [1.82, 2.24) is 0 Å². The summed E-state index contributed by atoms with van der Waals surface area (Å²) in [5, 5.41) is 18.1. The molecule has 0 fully saturated rings. The smallest absolute Gasteiger partial charge is 0.320 e. The van der Waals surface area contributed by atoms with Crippen LogP contribution in [-0.4, -0.2) is 36.4 Å². The normalized spacial score (nSPS) is 13.1. The van der Waals surface area contributed by atoms with Gasteiger partial charge in [-0.3, -0.25) is 4.79 Å². The molecule has 0 radical (unpaired) electrons. The average Bonchev–Trinajstić information content (AvgIpc) is 2.38. The van der Waals surface area contributed by atoms with Crippen LogP contribution in [0.3, 0.4) is 0 Å². The van der Waals surface area contributed by atoms with E-state index in [0.717, 1.165) is 0 Å². The number of para-hydroxylation sites is 1. The van der Waals surface area contributed by atoms with E-state index >= 15 is 0 Å². The number of carboxylic acids is 1. The van der Waals surface area contributed by atoms with E-state index in [0.29, 0.717) is 25.7 Å². The number of phenols is 1. The van der Waals surface area contributed by atoms with Crippen LogP contribution in [0.15, 0.2) is 29.2 Å². The Hall–Kier alpha value is -1.60. The molecule has 0 aliphatic rings. The Bertz CT molecular complexity index is 556. The van der Waals surface area contributed by atoms with Gasteiger partial charge in [0.2, 0.25) is 0 Å². The second-order valence-corrected chi connectivity index (χ2v) is 6.66. The number of carboxylic acid groups (broad SMARTS) is 1. The number of aliphatic carboxylic acids is 1. The van der Waals surface area contributed by atoms with Crippen LogP contribution in [0.4, 0.5) is 0 Å². The number of carbonyl (C=O) groups is 1. The van der Waals surface area contributed by atoms with Crippen LogP contribution < -0.4 is 5.73 Å². The number of hydrogen-bond donors (Lipinski definition) is 3. The zero-order valence-electron chi connectivity index (χ0n) is 11.0. The SMILES string of the molecule is NC(CCCCCS(=O)(=O)c1ccccc1O)C(=O)O.